The van der Waals surface area contributed by atoms with E-state index in [4.69, 9.17) is 4.74 Å². The highest BCUT2D eigenvalue weighted by Crippen LogP contribution is 2.37. The van der Waals surface area contributed by atoms with Gasteiger partial charge in [-0.1, -0.05) is 12.7 Å². The van der Waals surface area contributed by atoms with E-state index in [2.05, 4.69) is 21.9 Å². The first-order valence-electron chi connectivity index (χ1n) is 10.6. The van der Waals surface area contributed by atoms with Gasteiger partial charge in [0.05, 0.1) is 10.5 Å². The summed E-state index contributed by atoms with van der Waals surface area (Å²) in [5.41, 5.74) is -1.45. The van der Waals surface area contributed by atoms with Crippen molar-refractivity contribution in [3.63, 3.8) is 0 Å². The number of aromatic nitrogens is 2. The van der Waals surface area contributed by atoms with Gasteiger partial charge in [0.15, 0.2) is 0 Å². The summed E-state index contributed by atoms with van der Waals surface area (Å²) >= 11 is 0. The third-order valence-corrected chi connectivity index (χ3v) is 6.91. The standard InChI is InChI=1S/C22H26F3N5O4S/c1-5-15-13-26-19(27-14-15)28-16-6-7-18(17(12-16)22(23,24)25)35(32,33)30-10-8-29(9-11-30)20(31)34-21(2,3)4/h5-7,12-14H,1,8-11H2,2-4H3,(H,26,27,28). The third-order valence-electron chi connectivity index (χ3n) is 4.96. The number of nitrogens with one attached hydrogen (secondary N) is 1. The number of anilines is 2. The van der Waals surface area contributed by atoms with E-state index in [1.54, 1.807) is 20.8 Å². The second kappa shape index (κ2) is 9.82. The number of hydrogen-bond donors (Lipinski definition) is 1. The molecular weight excluding hydrogens is 487 g/mol. The molecule has 0 unspecified atom stereocenters. The molecule has 13 heteroatoms. The lowest BCUT2D eigenvalue weighted by atomic mass is 10.2. The summed E-state index contributed by atoms with van der Waals surface area (Å²) in [6.07, 6.45) is -1.17. The highest BCUT2D eigenvalue weighted by Gasteiger charge is 2.40. The van der Waals surface area contributed by atoms with E-state index in [1.807, 2.05) is 0 Å². The Kier molecular flexibility index (Phi) is 7.41. The number of amides is 1. The molecule has 0 aliphatic carbocycles. The summed E-state index contributed by atoms with van der Waals surface area (Å²) in [5.74, 6) is 0.0394. The van der Waals surface area contributed by atoms with Crippen LogP contribution in [0.25, 0.3) is 6.08 Å². The molecule has 1 aromatic heterocycles. The van der Waals surface area contributed by atoms with E-state index in [0.717, 1.165) is 10.4 Å². The van der Waals surface area contributed by atoms with Gasteiger partial charge in [-0.3, -0.25) is 0 Å². The summed E-state index contributed by atoms with van der Waals surface area (Å²) in [6.45, 7) is 8.33. The summed E-state index contributed by atoms with van der Waals surface area (Å²) in [7, 11) is -4.49. The number of carbonyl (C=O) groups excluding carboxylic acids is 1. The molecular formula is C22H26F3N5O4S. The SMILES string of the molecule is C=Cc1cnc(Nc2ccc(S(=O)(=O)N3CCN(C(=O)OC(C)(C)C)CC3)c(C(F)(F)F)c2)nc1. The minimum Gasteiger partial charge on any atom is -0.444 e. The molecule has 0 spiro atoms. The molecule has 0 atom stereocenters. The average molecular weight is 514 g/mol. The lowest BCUT2D eigenvalue weighted by molar-refractivity contribution is -0.139. The monoisotopic (exact) mass is 513 g/mol. The molecule has 0 radical (unpaired) electrons. The fraction of sp³-hybridized carbons (Fsp3) is 0.409. The number of nitrogens with zero attached hydrogens (tertiary/aromatic N) is 4. The summed E-state index contributed by atoms with van der Waals surface area (Å²) < 4.78 is 74.1. The number of sulfonamides is 1. The lowest BCUT2D eigenvalue weighted by Gasteiger charge is -2.35. The Labute approximate surface area is 201 Å². The molecule has 1 aliphatic rings. The van der Waals surface area contributed by atoms with Crippen LogP contribution in [0, 0.1) is 0 Å². The Bertz CT molecular complexity index is 1190. The molecule has 9 nitrogen and oxygen atoms in total. The van der Waals surface area contributed by atoms with Crippen LogP contribution in [0.2, 0.25) is 0 Å². The third kappa shape index (κ3) is 6.48. The van der Waals surface area contributed by atoms with Gasteiger partial charge >= 0.3 is 12.3 Å². The quantitative estimate of drug-likeness (QED) is 0.641. The van der Waals surface area contributed by atoms with Crippen LogP contribution in [0.3, 0.4) is 0 Å². The Balaban J connectivity index is 1.82. The number of rotatable bonds is 5. The van der Waals surface area contributed by atoms with Crippen molar-refractivity contribution >= 4 is 33.8 Å². The number of benzene rings is 1. The Morgan fingerprint density at radius 3 is 2.23 bits per heavy atom. The van der Waals surface area contributed by atoms with Gasteiger partial charge in [-0.15, -0.1) is 0 Å². The van der Waals surface area contributed by atoms with Gasteiger partial charge in [-0.25, -0.2) is 23.2 Å². The van der Waals surface area contributed by atoms with Crippen LogP contribution in [0.5, 0.6) is 0 Å². The van der Waals surface area contributed by atoms with E-state index in [0.29, 0.717) is 11.6 Å². The van der Waals surface area contributed by atoms with Crippen LogP contribution in [-0.4, -0.2) is 65.5 Å². The highest BCUT2D eigenvalue weighted by molar-refractivity contribution is 7.89. The molecule has 190 valence electrons. The van der Waals surface area contributed by atoms with E-state index in [-0.39, 0.29) is 37.8 Å². The van der Waals surface area contributed by atoms with Crippen LogP contribution in [-0.2, 0) is 20.9 Å². The fourth-order valence-electron chi connectivity index (χ4n) is 3.27. The van der Waals surface area contributed by atoms with E-state index in [1.165, 1.54) is 29.4 Å². The highest BCUT2D eigenvalue weighted by atomic mass is 32.2. The predicted molar refractivity (Wildman–Crippen MR) is 123 cm³/mol. The molecule has 1 fully saturated rings. The van der Waals surface area contributed by atoms with Crippen LogP contribution in [0.15, 0.2) is 42.1 Å². The lowest BCUT2D eigenvalue weighted by Crippen LogP contribution is -2.51. The van der Waals surface area contributed by atoms with Gasteiger partial charge in [0, 0.05) is 49.8 Å². The largest absolute Gasteiger partial charge is 0.444 e. The predicted octanol–water partition coefficient (Wildman–Crippen LogP) is 4.12. The second-order valence-corrected chi connectivity index (χ2v) is 10.7. The van der Waals surface area contributed by atoms with Gasteiger partial charge in [-0.2, -0.15) is 17.5 Å². The average Bonchev–Trinajstić information content (AvgIpc) is 2.78. The molecule has 2 aromatic rings. The number of carbonyl (C=O) groups is 1. The minimum atomic E-state index is -4.94. The van der Waals surface area contributed by atoms with Crippen LogP contribution < -0.4 is 5.32 Å². The first-order valence-corrected chi connectivity index (χ1v) is 12.1. The normalized spacial score (nSPS) is 15.5. The Morgan fingerprint density at radius 1 is 1.11 bits per heavy atom. The van der Waals surface area contributed by atoms with Gasteiger partial charge < -0.3 is 15.0 Å². The topological polar surface area (TPSA) is 105 Å². The Hall–Kier alpha value is -3.19. The van der Waals surface area contributed by atoms with Gasteiger partial charge in [-0.05, 0) is 39.0 Å². The Morgan fingerprint density at radius 2 is 1.71 bits per heavy atom. The molecule has 1 aliphatic heterocycles. The maximum Gasteiger partial charge on any atom is 0.417 e. The zero-order valence-electron chi connectivity index (χ0n) is 19.5. The second-order valence-electron chi connectivity index (χ2n) is 8.75. The van der Waals surface area contributed by atoms with E-state index < -0.39 is 38.4 Å². The number of halogens is 3. The van der Waals surface area contributed by atoms with Crippen molar-refractivity contribution in [3.8, 4) is 0 Å². The molecule has 1 N–H and O–H groups in total. The van der Waals surface area contributed by atoms with Gasteiger partial charge in [0.1, 0.15) is 5.60 Å². The molecule has 1 saturated heterocycles. The smallest absolute Gasteiger partial charge is 0.417 e. The van der Waals surface area contributed by atoms with Crippen LogP contribution in [0.1, 0.15) is 31.9 Å². The number of hydrogen-bond acceptors (Lipinski definition) is 7. The number of alkyl halides is 3. The van der Waals surface area contributed by atoms with E-state index >= 15 is 0 Å². The van der Waals surface area contributed by atoms with Crippen molar-refractivity contribution in [1.29, 1.82) is 0 Å². The van der Waals surface area contributed by atoms with E-state index in [9.17, 15) is 26.4 Å². The summed E-state index contributed by atoms with van der Waals surface area (Å²) in [4.78, 5) is 20.6. The van der Waals surface area contributed by atoms with Crippen molar-refractivity contribution in [2.75, 3.05) is 31.5 Å². The van der Waals surface area contributed by atoms with Crippen molar-refractivity contribution < 1.29 is 31.1 Å². The number of piperazine rings is 1. The van der Waals surface area contributed by atoms with Gasteiger partial charge in [0.25, 0.3) is 0 Å². The maximum absolute atomic E-state index is 13.9. The molecule has 2 heterocycles. The zero-order chi connectivity index (χ0) is 26.0. The van der Waals surface area contributed by atoms with Crippen molar-refractivity contribution in [2.24, 2.45) is 0 Å². The molecule has 0 bridgehead atoms. The van der Waals surface area contributed by atoms with Gasteiger partial charge in [0.2, 0.25) is 16.0 Å². The first-order chi connectivity index (χ1) is 16.2. The van der Waals surface area contributed by atoms with Crippen molar-refractivity contribution in [2.45, 2.75) is 37.4 Å². The minimum absolute atomic E-state index is 0.00677. The molecule has 1 amide bonds. The molecule has 1 aromatic carbocycles. The summed E-state index contributed by atoms with van der Waals surface area (Å²) in [5, 5.41) is 2.64. The van der Waals surface area contributed by atoms with Crippen molar-refractivity contribution in [1.82, 2.24) is 19.2 Å². The molecule has 3 rings (SSSR count). The zero-order valence-corrected chi connectivity index (χ0v) is 20.3. The fourth-order valence-corrected chi connectivity index (χ4v) is 4.88. The number of ether oxygens (including phenoxy) is 1. The maximum atomic E-state index is 13.9. The molecule has 35 heavy (non-hydrogen) atoms. The first kappa shape index (κ1) is 26.4. The van der Waals surface area contributed by atoms with Crippen LogP contribution >= 0.6 is 0 Å². The van der Waals surface area contributed by atoms with Crippen molar-refractivity contribution in [3.05, 3.63) is 48.3 Å². The van der Waals surface area contributed by atoms with Crippen LogP contribution in [0.4, 0.5) is 29.6 Å². The molecule has 0 saturated carbocycles. The summed E-state index contributed by atoms with van der Waals surface area (Å²) in [6, 6.07) is 2.82.